The predicted molar refractivity (Wildman–Crippen MR) is 67.1 cm³/mol. The summed E-state index contributed by atoms with van der Waals surface area (Å²) < 4.78 is 13.0. The third-order valence-electron chi connectivity index (χ3n) is 3.46. The number of rotatable bonds is 2. The Balaban J connectivity index is 2.08. The van der Waals surface area contributed by atoms with Gasteiger partial charge in [0.05, 0.1) is 18.1 Å². The van der Waals surface area contributed by atoms with Crippen molar-refractivity contribution in [2.75, 3.05) is 13.1 Å². The number of carbonyl (C=O) groups excluding carboxylic acids is 1. The number of hydrogen-bond donors (Lipinski definition) is 1. The molecule has 1 aromatic rings. The first kappa shape index (κ1) is 13.3. The van der Waals surface area contributed by atoms with E-state index in [9.17, 15) is 14.3 Å². The minimum atomic E-state index is -0.806. The van der Waals surface area contributed by atoms with Gasteiger partial charge in [-0.1, -0.05) is 25.4 Å². The molecule has 1 saturated heterocycles. The third kappa shape index (κ3) is 2.22. The van der Waals surface area contributed by atoms with Crippen LogP contribution in [0.3, 0.4) is 0 Å². The van der Waals surface area contributed by atoms with Gasteiger partial charge >= 0.3 is 0 Å². The second-order valence-electron chi connectivity index (χ2n) is 5.05. The van der Waals surface area contributed by atoms with Crippen molar-refractivity contribution < 1.29 is 14.3 Å². The summed E-state index contributed by atoms with van der Waals surface area (Å²) in [7, 11) is 0. The van der Waals surface area contributed by atoms with Crippen LogP contribution in [0.2, 0.25) is 5.02 Å². The Morgan fingerprint density at radius 2 is 2.11 bits per heavy atom. The van der Waals surface area contributed by atoms with Crippen LogP contribution in [-0.2, 0) is 0 Å². The van der Waals surface area contributed by atoms with Crippen LogP contribution in [0.25, 0.3) is 0 Å². The lowest BCUT2D eigenvalue weighted by atomic mass is 9.82. The summed E-state index contributed by atoms with van der Waals surface area (Å²) in [4.78, 5) is 13.6. The van der Waals surface area contributed by atoms with Gasteiger partial charge in [0.25, 0.3) is 5.91 Å². The SMILES string of the molecule is CC(C)C1(O)CN(C(=O)c2ccc(F)c(Cl)c2)C1. The van der Waals surface area contributed by atoms with Gasteiger partial charge in [-0.25, -0.2) is 4.39 Å². The molecule has 3 nitrogen and oxygen atoms in total. The van der Waals surface area contributed by atoms with Gasteiger partial charge in [0.1, 0.15) is 11.4 Å². The molecular formula is C13H15ClFNO2. The summed E-state index contributed by atoms with van der Waals surface area (Å²) in [6.07, 6.45) is 0. The van der Waals surface area contributed by atoms with Crippen molar-refractivity contribution in [3.63, 3.8) is 0 Å². The van der Waals surface area contributed by atoms with Crippen molar-refractivity contribution in [2.45, 2.75) is 19.4 Å². The van der Waals surface area contributed by atoms with E-state index in [0.29, 0.717) is 18.7 Å². The highest BCUT2D eigenvalue weighted by Gasteiger charge is 2.45. The first-order valence-corrected chi connectivity index (χ1v) is 6.18. The number of nitrogens with zero attached hydrogens (tertiary/aromatic N) is 1. The average molecular weight is 272 g/mol. The van der Waals surface area contributed by atoms with Gasteiger partial charge < -0.3 is 10.0 Å². The lowest BCUT2D eigenvalue weighted by Crippen LogP contribution is -2.65. The fraction of sp³-hybridized carbons (Fsp3) is 0.462. The van der Waals surface area contributed by atoms with E-state index in [0.717, 1.165) is 0 Å². The molecule has 0 radical (unpaired) electrons. The smallest absolute Gasteiger partial charge is 0.254 e. The standard InChI is InChI=1S/C13H15ClFNO2/c1-8(2)13(18)6-16(7-13)12(17)9-3-4-11(15)10(14)5-9/h3-5,8,18H,6-7H2,1-2H3. The number of carbonyl (C=O) groups is 1. The summed E-state index contributed by atoms with van der Waals surface area (Å²) in [6.45, 7) is 4.43. The number of amides is 1. The molecule has 1 N–H and O–H groups in total. The van der Waals surface area contributed by atoms with Crippen LogP contribution in [0.5, 0.6) is 0 Å². The fourth-order valence-electron chi connectivity index (χ4n) is 1.94. The lowest BCUT2D eigenvalue weighted by molar-refractivity contribution is -0.110. The van der Waals surface area contributed by atoms with Crippen molar-refractivity contribution in [3.8, 4) is 0 Å². The molecule has 0 saturated carbocycles. The second kappa shape index (κ2) is 4.52. The van der Waals surface area contributed by atoms with Gasteiger partial charge in [0.2, 0.25) is 0 Å². The number of aliphatic hydroxyl groups is 1. The van der Waals surface area contributed by atoms with Crippen molar-refractivity contribution in [3.05, 3.63) is 34.6 Å². The third-order valence-corrected chi connectivity index (χ3v) is 3.75. The molecule has 0 atom stereocenters. The molecule has 1 heterocycles. The van der Waals surface area contributed by atoms with E-state index in [2.05, 4.69) is 0 Å². The van der Waals surface area contributed by atoms with E-state index in [-0.39, 0.29) is 16.8 Å². The van der Waals surface area contributed by atoms with E-state index in [4.69, 9.17) is 11.6 Å². The van der Waals surface area contributed by atoms with Crippen LogP contribution in [0.15, 0.2) is 18.2 Å². The monoisotopic (exact) mass is 271 g/mol. The van der Waals surface area contributed by atoms with Crippen molar-refractivity contribution in [1.29, 1.82) is 0 Å². The highest BCUT2D eigenvalue weighted by atomic mass is 35.5. The molecule has 1 aromatic carbocycles. The van der Waals surface area contributed by atoms with E-state index in [1.54, 1.807) is 0 Å². The van der Waals surface area contributed by atoms with Gasteiger partial charge in [-0.15, -0.1) is 0 Å². The number of benzene rings is 1. The molecule has 18 heavy (non-hydrogen) atoms. The molecule has 2 rings (SSSR count). The molecule has 1 aliphatic heterocycles. The molecule has 0 spiro atoms. The molecule has 0 aliphatic carbocycles. The fourth-order valence-corrected chi connectivity index (χ4v) is 2.12. The van der Waals surface area contributed by atoms with E-state index < -0.39 is 11.4 Å². The predicted octanol–water partition coefficient (Wildman–Crippen LogP) is 2.32. The molecular weight excluding hydrogens is 257 g/mol. The molecule has 98 valence electrons. The highest BCUT2D eigenvalue weighted by Crippen LogP contribution is 2.30. The number of halogens is 2. The Labute approximate surface area is 110 Å². The Morgan fingerprint density at radius 3 is 2.61 bits per heavy atom. The Morgan fingerprint density at radius 1 is 1.50 bits per heavy atom. The molecule has 0 aromatic heterocycles. The van der Waals surface area contributed by atoms with Crippen molar-refractivity contribution in [1.82, 2.24) is 4.90 Å². The van der Waals surface area contributed by atoms with Crippen LogP contribution >= 0.6 is 11.6 Å². The largest absolute Gasteiger partial charge is 0.386 e. The van der Waals surface area contributed by atoms with Crippen molar-refractivity contribution in [2.24, 2.45) is 5.92 Å². The zero-order valence-electron chi connectivity index (χ0n) is 10.3. The molecule has 1 aliphatic rings. The van der Waals surface area contributed by atoms with Crippen LogP contribution in [0.1, 0.15) is 24.2 Å². The zero-order chi connectivity index (χ0) is 13.5. The first-order chi connectivity index (χ1) is 8.33. The van der Waals surface area contributed by atoms with Crippen LogP contribution in [0, 0.1) is 11.7 Å². The summed E-state index contributed by atoms with van der Waals surface area (Å²) in [5.74, 6) is -0.684. The maximum atomic E-state index is 13.0. The van der Waals surface area contributed by atoms with Gasteiger partial charge in [-0.3, -0.25) is 4.79 Å². The maximum Gasteiger partial charge on any atom is 0.254 e. The van der Waals surface area contributed by atoms with E-state index >= 15 is 0 Å². The van der Waals surface area contributed by atoms with Crippen LogP contribution in [-0.4, -0.2) is 34.6 Å². The summed E-state index contributed by atoms with van der Waals surface area (Å²) >= 11 is 5.64. The first-order valence-electron chi connectivity index (χ1n) is 5.80. The molecule has 1 amide bonds. The van der Waals surface area contributed by atoms with Crippen molar-refractivity contribution >= 4 is 17.5 Å². The van der Waals surface area contributed by atoms with Gasteiger partial charge in [0.15, 0.2) is 0 Å². The number of β-amino-alcohol motifs (C(OH)–C–C–N with tert-alkyl or cyclic N) is 1. The minimum Gasteiger partial charge on any atom is -0.386 e. The Bertz CT molecular complexity index is 484. The minimum absolute atomic E-state index is 0.0690. The number of hydrogen-bond acceptors (Lipinski definition) is 2. The summed E-state index contributed by atoms with van der Waals surface area (Å²) in [5.41, 5.74) is -0.466. The van der Waals surface area contributed by atoms with Crippen LogP contribution in [0.4, 0.5) is 4.39 Å². The Kier molecular flexibility index (Phi) is 3.34. The topological polar surface area (TPSA) is 40.5 Å². The maximum absolute atomic E-state index is 13.0. The molecule has 5 heteroatoms. The van der Waals surface area contributed by atoms with E-state index in [1.807, 2.05) is 13.8 Å². The van der Waals surface area contributed by atoms with Gasteiger partial charge in [-0.05, 0) is 24.1 Å². The number of likely N-dealkylation sites (tertiary alicyclic amines) is 1. The molecule has 0 unspecified atom stereocenters. The van der Waals surface area contributed by atoms with E-state index in [1.165, 1.54) is 23.1 Å². The van der Waals surface area contributed by atoms with Gasteiger partial charge in [-0.2, -0.15) is 0 Å². The average Bonchev–Trinajstić information content (AvgIpc) is 2.27. The zero-order valence-corrected chi connectivity index (χ0v) is 11.0. The second-order valence-corrected chi connectivity index (χ2v) is 5.46. The van der Waals surface area contributed by atoms with Gasteiger partial charge in [0, 0.05) is 5.56 Å². The Hall–Kier alpha value is -1.13. The highest BCUT2D eigenvalue weighted by molar-refractivity contribution is 6.31. The lowest BCUT2D eigenvalue weighted by Gasteiger charge is -2.49. The normalized spacial score (nSPS) is 17.8. The summed E-state index contributed by atoms with van der Waals surface area (Å²) in [5, 5.41) is 10.0. The summed E-state index contributed by atoms with van der Waals surface area (Å²) in [6, 6.07) is 3.88. The molecule has 0 bridgehead atoms. The molecule has 1 fully saturated rings. The van der Waals surface area contributed by atoms with Crippen LogP contribution < -0.4 is 0 Å². The quantitative estimate of drug-likeness (QED) is 0.897.